The van der Waals surface area contributed by atoms with Gasteiger partial charge in [0.05, 0.1) is 19.9 Å². The van der Waals surface area contributed by atoms with Crippen molar-refractivity contribution in [2.75, 3.05) is 26.1 Å². The van der Waals surface area contributed by atoms with Gasteiger partial charge in [0, 0.05) is 5.92 Å². The molecule has 2 heterocycles. The molecule has 0 spiro atoms. The average Bonchev–Trinajstić information content (AvgIpc) is 2.37. The van der Waals surface area contributed by atoms with Crippen LogP contribution in [0.5, 0.6) is 0 Å². The summed E-state index contributed by atoms with van der Waals surface area (Å²) in [5, 5.41) is 9.62. The number of ether oxygens (including phenoxy) is 3. The molecule has 2 aliphatic heterocycles. The van der Waals surface area contributed by atoms with E-state index in [-0.39, 0.29) is 24.4 Å². The normalized spacial score (nSPS) is 41.4. The molecule has 2 rings (SSSR count). The summed E-state index contributed by atoms with van der Waals surface area (Å²) in [4.78, 5) is 0. The maximum atomic E-state index is 10.6. The Kier molecular flexibility index (Phi) is 6.68. The van der Waals surface area contributed by atoms with Gasteiger partial charge in [-0.1, -0.05) is 20.8 Å². The first-order chi connectivity index (χ1) is 9.15. The second-order valence-electron chi connectivity index (χ2n) is 6.18. The SMILES string of the molecule is CC1OCC2OC(O)C(C)C(C)C2O1.CCP(C)(C)=O. The summed E-state index contributed by atoms with van der Waals surface area (Å²) in [5.41, 5.74) is 0. The largest absolute Gasteiger partial charge is 0.368 e. The summed E-state index contributed by atoms with van der Waals surface area (Å²) in [5.74, 6) is 0.414. The molecule has 0 aromatic carbocycles. The lowest BCUT2D eigenvalue weighted by Gasteiger charge is -2.46. The van der Waals surface area contributed by atoms with Crippen LogP contribution in [0.4, 0.5) is 0 Å². The second-order valence-corrected chi connectivity index (χ2v) is 9.96. The van der Waals surface area contributed by atoms with Gasteiger partial charge in [-0.2, -0.15) is 0 Å². The third-order valence-corrected chi connectivity index (χ3v) is 5.61. The van der Waals surface area contributed by atoms with E-state index in [1.165, 1.54) is 0 Å². The molecule has 0 amide bonds. The lowest BCUT2D eigenvalue weighted by atomic mass is 9.84. The van der Waals surface area contributed by atoms with Crippen LogP contribution in [0.15, 0.2) is 0 Å². The first-order valence-electron chi connectivity index (χ1n) is 7.30. The molecule has 2 saturated heterocycles. The van der Waals surface area contributed by atoms with Crippen molar-refractivity contribution in [2.24, 2.45) is 11.8 Å². The van der Waals surface area contributed by atoms with E-state index in [9.17, 15) is 9.67 Å². The zero-order chi connectivity index (χ0) is 15.5. The van der Waals surface area contributed by atoms with Crippen LogP contribution in [0.2, 0.25) is 0 Å². The molecule has 120 valence electrons. The molecule has 2 aliphatic rings. The van der Waals surface area contributed by atoms with Crippen LogP contribution in [0.1, 0.15) is 27.7 Å². The van der Waals surface area contributed by atoms with E-state index in [0.717, 1.165) is 6.16 Å². The van der Waals surface area contributed by atoms with E-state index < -0.39 is 13.4 Å². The number of fused-ring (bicyclic) bond motifs is 1. The summed E-state index contributed by atoms with van der Waals surface area (Å²) in [6.07, 6.45) is -0.0892. The van der Waals surface area contributed by atoms with E-state index in [2.05, 4.69) is 6.92 Å². The van der Waals surface area contributed by atoms with E-state index in [1.807, 2.05) is 20.8 Å². The highest BCUT2D eigenvalue weighted by molar-refractivity contribution is 7.62. The Hall–Kier alpha value is 0.0700. The first kappa shape index (κ1) is 18.1. The average molecular weight is 308 g/mol. The Morgan fingerprint density at radius 3 is 2.20 bits per heavy atom. The minimum absolute atomic E-state index is 0.0529. The van der Waals surface area contributed by atoms with Crippen molar-refractivity contribution in [2.45, 2.75) is 52.5 Å². The number of aliphatic hydroxyl groups excluding tert-OH is 1. The van der Waals surface area contributed by atoms with Crippen LogP contribution in [-0.4, -0.2) is 56.0 Å². The molecule has 0 aromatic rings. The zero-order valence-corrected chi connectivity index (χ0v) is 14.3. The van der Waals surface area contributed by atoms with Crippen molar-refractivity contribution < 1.29 is 23.9 Å². The van der Waals surface area contributed by atoms with E-state index in [4.69, 9.17) is 14.2 Å². The maximum Gasteiger partial charge on any atom is 0.158 e. The quantitative estimate of drug-likeness (QED) is 0.753. The third-order valence-electron chi connectivity index (χ3n) is 4.08. The summed E-state index contributed by atoms with van der Waals surface area (Å²) >= 11 is 0. The minimum atomic E-state index is -1.65. The highest BCUT2D eigenvalue weighted by Crippen LogP contribution is 2.35. The first-order valence-corrected chi connectivity index (χ1v) is 10.1. The fourth-order valence-electron chi connectivity index (χ4n) is 2.11. The molecule has 0 saturated carbocycles. The summed E-state index contributed by atoms with van der Waals surface area (Å²) in [6, 6.07) is 0. The van der Waals surface area contributed by atoms with Crippen molar-refractivity contribution in [3.8, 4) is 0 Å². The van der Waals surface area contributed by atoms with Gasteiger partial charge in [0.1, 0.15) is 6.10 Å². The monoisotopic (exact) mass is 308 g/mol. The standard InChI is InChI=1S/C10H18O4.C4H11OP/c1-5-6(2)10(11)14-8-4-12-7(3)13-9(5)8;1-4-6(2,3)5/h5-11H,4H2,1-3H3;4H2,1-3H3. The topological polar surface area (TPSA) is 65.0 Å². The smallest absolute Gasteiger partial charge is 0.158 e. The van der Waals surface area contributed by atoms with E-state index in [1.54, 1.807) is 13.3 Å². The molecular weight excluding hydrogens is 279 g/mol. The molecule has 0 aliphatic carbocycles. The van der Waals surface area contributed by atoms with Crippen molar-refractivity contribution in [1.29, 1.82) is 0 Å². The molecule has 5 nitrogen and oxygen atoms in total. The van der Waals surface area contributed by atoms with Gasteiger partial charge in [-0.05, 0) is 32.3 Å². The second kappa shape index (κ2) is 7.37. The van der Waals surface area contributed by atoms with Gasteiger partial charge in [0.2, 0.25) is 0 Å². The van der Waals surface area contributed by atoms with Crippen molar-refractivity contribution in [1.82, 2.24) is 0 Å². The number of aliphatic hydroxyl groups is 1. The number of hydrogen-bond acceptors (Lipinski definition) is 5. The van der Waals surface area contributed by atoms with Crippen LogP contribution in [0.25, 0.3) is 0 Å². The Labute approximate surface area is 122 Å². The van der Waals surface area contributed by atoms with E-state index in [0.29, 0.717) is 12.5 Å². The highest BCUT2D eigenvalue weighted by Gasteiger charge is 2.44. The fraction of sp³-hybridized carbons (Fsp3) is 1.00. The Bertz CT molecular complexity index is 340. The molecule has 6 atom stereocenters. The van der Waals surface area contributed by atoms with Crippen molar-refractivity contribution in [3.05, 3.63) is 0 Å². The fourth-order valence-corrected chi connectivity index (χ4v) is 2.11. The summed E-state index contributed by atoms with van der Waals surface area (Å²) in [6.45, 7) is 12.0. The molecule has 0 radical (unpaired) electrons. The van der Waals surface area contributed by atoms with Crippen molar-refractivity contribution >= 4 is 7.14 Å². The van der Waals surface area contributed by atoms with Gasteiger partial charge in [0.25, 0.3) is 0 Å². The van der Waals surface area contributed by atoms with Crippen molar-refractivity contribution in [3.63, 3.8) is 0 Å². The maximum absolute atomic E-state index is 10.6. The van der Waals surface area contributed by atoms with Gasteiger partial charge in [0.15, 0.2) is 12.6 Å². The van der Waals surface area contributed by atoms with Crippen LogP contribution >= 0.6 is 7.14 Å². The third kappa shape index (κ3) is 5.12. The molecule has 6 heteroatoms. The lowest BCUT2D eigenvalue weighted by Crippen LogP contribution is -2.56. The number of hydrogen-bond donors (Lipinski definition) is 1. The predicted octanol–water partition coefficient (Wildman–Crippen LogP) is 2.37. The molecule has 0 bridgehead atoms. The van der Waals surface area contributed by atoms with E-state index >= 15 is 0 Å². The van der Waals surface area contributed by atoms with Crippen LogP contribution in [0, 0.1) is 11.8 Å². The summed E-state index contributed by atoms with van der Waals surface area (Å²) in [7, 11) is -1.65. The zero-order valence-electron chi connectivity index (χ0n) is 13.4. The Morgan fingerprint density at radius 1 is 1.15 bits per heavy atom. The predicted molar refractivity (Wildman–Crippen MR) is 79.5 cm³/mol. The Balaban J connectivity index is 0.000000286. The van der Waals surface area contributed by atoms with Crippen LogP contribution < -0.4 is 0 Å². The van der Waals surface area contributed by atoms with Gasteiger partial charge in [-0.15, -0.1) is 0 Å². The van der Waals surface area contributed by atoms with Gasteiger partial charge >= 0.3 is 0 Å². The molecular formula is C14H29O5P. The van der Waals surface area contributed by atoms with Crippen LogP contribution in [-0.2, 0) is 18.8 Å². The molecule has 0 aromatic heterocycles. The highest BCUT2D eigenvalue weighted by atomic mass is 31.2. The minimum Gasteiger partial charge on any atom is -0.368 e. The Morgan fingerprint density at radius 2 is 1.70 bits per heavy atom. The van der Waals surface area contributed by atoms with Crippen LogP contribution in [0.3, 0.4) is 0 Å². The number of rotatable bonds is 1. The van der Waals surface area contributed by atoms with Gasteiger partial charge in [-0.3, -0.25) is 0 Å². The summed E-state index contributed by atoms with van der Waals surface area (Å²) < 4.78 is 27.0. The van der Waals surface area contributed by atoms with Gasteiger partial charge < -0.3 is 23.9 Å². The molecule has 20 heavy (non-hydrogen) atoms. The molecule has 1 N–H and O–H groups in total. The van der Waals surface area contributed by atoms with Gasteiger partial charge in [-0.25, -0.2) is 0 Å². The molecule has 2 fully saturated rings. The molecule has 6 unspecified atom stereocenters. The lowest BCUT2D eigenvalue weighted by molar-refractivity contribution is -0.328.